The molecule has 2 heterocycles. The highest BCUT2D eigenvalue weighted by atomic mass is 32.1. The molecule has 0 spiro atoms. The Labute approximate surface area is 212 Å². The molecule has 2 amide bonds. The molecular formula is C23H32N6O4S2. The molecule has 0 aliphatic carbocycles. The molecule has 0 aliphatic rings. The SMILES string of the molecule is CCOC(=O)c1c2nc(NC(=O)CN(CC)CC)sc2cc2sc(NC(=O)CN(CC)CC)nc12. The summed E-state index contributed by atoms with van der Waals surface area (Å²) in [7, 11) is 0. The number of rotatable bonds is 12. The van der Waals surface area contributed by atoms with E-state index in [9.17, 15) is 14.4 Å². The molecule has 3 rings (SSSR count). The number of thiazole rings is 2. The van der Waals surface area contributed by atoms with Crippen molar-refractivity contribution in [3.05, 3.63) is 11.6 Å². The average molecular weight is 521 g/mol. The number of nitrogens with zero attached hydrogens (tertiary/aromatic N) is 4. The van der Waals surface area contributed by atoms with Crippen molar-refractivity contribution in [2.45, 2.75) is 34.6 Å². The maximum absolute atomic E-state index is 12.9. The number of esters is 1. The molecule has 35 heavy (non-hydrogen) atoms. The van der Waals surface area contributed by atoms with Crippen LogP contribution in [0, 0.1) is 0 Å². The van der Waals surface area contributed by atoms with Gasteiger partial charge in [0.2, 0.25) is 11.8 Å². The van der Waals surface area contributed by atoms with Crippen LogP contribution in [-0.2, 0) is 14.3 Å². The highest BCUT2D eigenvalue weighted by Crippen LogP contribution is 2.37. The van der Waals surface area contributed by atoms with E-state index in [0.29, 0.717) is 21.3 Å². The first-order valence-corrected chi connectivity index (χ1v) is 13.4. The third-order valence-electron chi connectivity index (χ3n) is 5.54. The minimum Gasteiger partial charge on any atom is -0.462 e. The minimum atomic E-state index is -0.541. The molecule has 0 saturated heterocycles. The van der Waals surface area contributed by atoms with Gasteiger partial charge in [0.05, 0.1) is 29.1 Å². The van der Waals surface area contributed by atoms with Gasteiger partial charge in [0.15, 0.2) is 10.3 Å². The first-order valence-electron chi connectivity index (χ1n) is 11.8. The van der Waals surface area contributed by atoms with Crippen molar-refractivity contribution in [3.63, 3.8) is 0 Å². The number of carbonyl (C=O) groups is 3. The fraction of sp³-hybridized carbons (Fsp3) is 0.522. The van der Waals surface area contributed by atoms with Gasteiger partial charge in [-0.3, -0.25) is 19.4 Å². The van der Waals surface area contributed by atoms with Crippen LogP contribution in [0.3, 0.4) is 0 Å². The van der Waals surface area contributed by atoms with Crippen molar-refractivity contribution in [1.82, 2.24) is 19.8 Å². The summed E-state index contributed by atoms with van der Waals surface area (Å²) in [6.07, 6.45) is 0. The van der Waals surface area contributed by atoms with E-state index in [2.05, 4.69) is 20.6 Å². The number of carbonyl (C=O) groups excluding carboxylic acids is 3. The van der Waals surface area contributed by atoms with E-state index in [0.717, 1.165) is 35.6 Å². The summed E-state index contributed by atoms with van der Waals surface area (Å²) in [5.74, 6) is -0.868. The zero-order chi connectivity index (χ0) is 25.5. The molecule has 1 aromatic carbocycles. The number of amides is 2. The van der Waals surface area contributed by atoms with Gasteiger partial charge in [-0.2, -0.15) is 0 Å². The third kappa shape index (κ3) is 6.51. The van der Waals surface area contributed by atoms with Gasteiger partial charge in [-0.15, -0.1) is 0 Å². The molecule has 2 N–H and O–H groups in total. The Hall–Kier alpha value is -2.67. The number of likely N-dealkylation sites (N-methyl/N-ethyl adjacent to an activating group) is 2. The van der Waals surface area contributed by atoms with Gasteiger partial charge < -0.3 is 15.4 Å². The van der Waals surface area contributed by atoms with Crippen LogP contribution in [0.5, 0.6) is 0 Å². The minimum absolute atomic E-state index is 0.163. The summed E-state index contributed by atoms with van der Waals surface area (Å²) < 4.78 is 6.74. The van der Waals surface area contributed by atoms with Gasteiger partial charge in [-0.1, -0.05) is 50.4 Å². The van der Waals surface area contributed by atoms with Gasteiger partial charge >= 0.3 is 5.97 Å². The molecule has 0 unspecified atom stereocenters. The second-order valence-electron chi connectivity index (χ2n) is 7.72. The topological polar surface area (TPSA) is 117 Å². The van der Waals surface area contributed by atoms with Crippen LogP contribution in [-0.4, -0.2) is 83.4 Å². The van der Waals surface area contributed by atoms with E-state index < -0.39 is 5.97 Å². The molecule has 2 aromatic heterocycles. The second-order valence-corrected chi connectivity index (χ2v) is 9.78. The quantitative estimate of drug-likeness (QED) is 0.348. The predicted molar refractivity (Wildman–Crippen MR) is 142 cm³/mol. The van der Waals surface area contributed by atoms with Crippen molar-refractivity contribution in [1.29, 1.82) is 0 Å². The number of benzene rings is 1. The van der Waals surface area contributed by atoms with Gasteiger partial charge in [0.25, 0.3) is 0 Å². The van der Waals surface area contributed by atoms with E-state index in [1.807, 2.05) is 43.6 Å². The van der Waals surface area contributed by atoms with Crippen LogP contribution in [0.2, 0.25) is 0 Å². The van der Waals surface area contributed by atoms with Crippen molar-refractivity contribution in [2.75, 3.05) is 56.5 Å². The lowest BCUT2D eigenvalue weighted by Gasteiger charge is -2.16. The Morgan fingerprint density at radius 1 is 0.800 bits per heavy atom. The molecule has 12 heteroatoms. The van der Waals surface area contributed by atoms with Crippen LogP contribution < -0.4 is 10.6 Å². The van der Waals surface area contributed by atoms with Crippen molar-refractivity contribution < 1.29 is 19.1 Å². The summed E-state index contributed by atoms with van der Waals surface area (Å²) in [5, 5.41) is 6.50. The molecule has 190 valence electrons. The smallest absolute Gasteiger partial charge is 0.342 e. The Kier molecular flexibility index (Phi) is 9.49. The number of ether oxygens (including phenoxy) is 1. The fourth-order valence-corrected chi connectivity index (χ4v) is 5.51. The molecule has 3 aromatic rings. The molecule has 0 fully saturated rings. The summed E-state index contributed by atoms with van der Waals surface area (Å²) in [4.78, 5) is 50.9. The lowest BCUT2D eigenvalue weighted by molar-refractivity contribution is -0.118. The number of aromatic nitrogens is 2. The maximum atomic E-state index is 12.9. The molecule has 0 saturated carbocycles. The van der Waals surface area contributed by atoms with Crippen molar-refractivity contribution in [3.8, 4) is 0 Å². The summed E-state index contributed by atoms with van der Waals surface area (Å²) in [6, 6.07) is 1.88. The molecule has 0 radical (unpaired) electrons. The van der Waals surface area contributed by atoms with Gasteiger partial charge in [0.1, 0.15) is 16.6 Å². The van der Waals surface area contributed by atoms with E-state index in [1.54, 1.807) is 6.92 Å². The Balaban J connectivity index is 1.94. The molecule has 0 aliphatic heterocycles. The van der Waals surface area contributed by atoms with Crippen LogP contribution in [0.4, 0.5) is 10.3 Å². The number of nitrogens with one attached hydrogen (secondary N) is 2. The van der Waals surface area contributed by atoms with Crippen LogP contribution in [0.1, 0.15) is 45.0 Å². The number of anilines is 2. The first-order chi connectivity index (χ1) is 16.8. The molecular weight excluding hydrogens is 488 g/mol. The average Bonchev–Trinajstić information content (AvgIpc) is 3.41. The van der Waals surface area contributed by atoms with Crippen LogP contribution >= 0.6 is 22.7 Å². The first kappa shape index (κ1) is 26.9. The predicted octanol–water partition coefficient (Wildman–Crippen LogP) is 3.64. The normalized spacial score (nSPS) is 11.5. The standard InChI is InChI=1S/C23H32N6O4S2/c1-6-28(7-2)12-16(30)24-22-26-19-14(34-22)11-15-20(18(19)21(32)33-10-5)27-23(35-15)25-17(31)13-29(8-3)9-4/h11H,6-10,12-13H2,1-5H3,(H,24,26,30)(H,25,27,31). The maximum Gasteiger partial charge on any atom is 0.342 e. The van der Waals surface area contributed by atoms with E-state index in [4.69, 9.17) is 4.74 Å². The van der Waals surface area contributed by atoms with Gasteiger partial charge in [-0.05, 0) is 39.2 Å². The van der Waals surface area contributed by atoms with Crippen molar-refractivity contribution >= 4 is 71.2 Å². The lowest BCUT2D eigenvalue weighted by Crippen LogP contribution is -2.32. The van der Waals surface area contributed by atoms with E-state index >= 15 is 0 Å². The second kappa shape index (κ2) is 12.3. The zero-order valence-corrected chi connectivity index (χ0v) is 22.4. The summed E-state index contributed by atoms with van der Waals surface area (Å²) in [6.45, 7) is 13.5. The number of fused-ring (bicyclic) bond motifs is 2. The molecule has 10 nitrogen and oxygen atoms in total. The largest absolute Gasteiger partial charge is 0.462 e. The summed E-state index contributed by atoms with van der Waals surface area (Å²) >= 11 is 2.57. The van der Waals surface area contributed by atoms with Gasteiger partial charge in [-0.25, -0.2) is 14.8 Å². The Bertz CT molecular complexity index is 1120. The molecule has 0 bridgehead atoms. The number of hydrogen-bond donors (Lipinski definition) is 2. The van der Waals surface area contributed by atoms with E-state index in [-0.39, 0.29) is 37.1 Å². The fourth-order valence-electron chi connectivity index (χ4n) is 3.57. The van der Waals surface area contributed by atoms with Crippen LogP contribution in [0.15, 0.2) is 6.07 Å². The highest BCUT2D eigenvalue weighted by molar-refractivity contribution is 7.24. The van der Waals surface area contributed by atoms with E-state index in [1.165, 1.54) is 22.7 Å². The Morgan fingerprint density at radius 2 is 1.23 bits per heavy atom. The molecule has 0 atom stereocenters. The third-order valence-corrected chi connectivity index (χ3v) is 7.37. The number of hydrogen-bond acceptors (Lipinski definition) is 10. The zero-order valence-electron chi connectivity index (χ0n) is 20.8. The lowest BCUT2D eigenvalue weighted by atomic mass is 10.1. The summed E-state index contributed by atoms with van der Waals surface area (Å²) in [5.41, 5.74) is 1.08. The highest BCUT2D eigenvalue weighted by Gasteiger charge is 2.24. The van der Waals surface area contributed by atoms with Gasteiger partial charge in [0, 0.05) is 0 Å². The van der Waals surface area contributed by atoms with Crippen molar-refractivity contribution in [2.24, 2.45) is 0 Å². The monoisotopic (exact) mass is 520 g/mol. The van der Waals surface area contributed by atoms with Crippen LogP contribution in [0.25, 0.3) is 20.4 Å². The Morgan fingerprint density at radius 3 is 1.60 bits per heavy atom.